The Morgan fingerprint density at radius 2 is 1.95 bits per heavy atom. The van der Waals surface area contributed by atoms with Gasteiger partial charge in [0.05, 0.1) is 29.3 Å². The lowest BCUT2D eigenvalue weighted by atomic mass is 9.96. The number of likely N-dealkylation sites (tertiary alicyclic amines) is 1. The quantitative estimate of drug-likeness (QED) is 0.145. The van der Waals surface area contributed by atoms with E-state index in [2.05, 4.69) is 49.8 Å². The van der Waals surface area contributed by atoms with Crippen LogP contribution in [0.3, 0.4) is 0 Å². The molecule has 0 spiro atoms. The Bertz CT molecular complexity index is 1680. The number of aliphatic hydroxyl groups excluding tert-OH is 1. The van der Waals surface area contributed by atoms with Gasteiger partial charge in [0.15, 0.2) is 11.5 Å². The summed E-state index contributed by atoms with van der Waals surface area (Å²) in [7, 11) is 3.26. The number of carbonyl (C=O) groups excluding carboxylic acids is 1. The molecule has 6 rings (SSSR count). The van der Waals surface area contributed by atoms with Crippen molar-refractivity contribution in [2.24, 2.45) is 7.05 Å². The van der Waals surface area contributed by atoms with E-state index in [0.717, 1.165) is 53.9 Å². The number of nitrogens with one attached hydrogen (secondary N) is 3. The van der Waals surface area contributed by atoms with Crippen molar-refractivity contribution in [3.8, 4) is 0 Å². The van der Waals surface area contributed by atoms with Gasteiger partial charge in [-0.15, -0.1) is 0 Å². The van der Waals surface area contributed by atoms with E-state index in [1.165, 1.54) is 20.0 Å². The van der Waals surface area contributed by atoms with Gasteiger partial charge in [-0.2, -0.15) is 10.1 Å². The fourth-order valence-electron chi connectivity index (χ4n) is 6.13. The Balaban J connectivity index is 1.15. The Kier molecular flexibility index (Phi) is 7.99. The average Bonchev–Trinajstić information content (AvgIpc) is 3.68. The molecule has 44 heavy (non-hydrogen) atoms. The number of carbonyl (C=O) groups is 1. The molecule has 1 saturated carbocycles. The fourth-order valence-corrected chi connectivity index (χ4v) is 6.13. The van der Waals surface area contributed by atoms with Crippen LogP contribution in [0.4, 0.5) is 23.1 Å². The second-order valence-electron chi connectivity index (χ2n) is 12.5. The maximum atomic E-state index is 12.4. The minimum atomic E-state index is -0.840. The van der Waals surface area contributed by atoms with Crippen LogP contribution in [0.1, 0.15) is 62.6 Å². The fraction of sp³-hybridized carbons (Fsp3) is 0.469. The summed E-state index contributed by atoms with van der Waals surface area (Å²) in [5.74, 6) is 0.801. The van der Waals surface area contributed by atoms with Crippen LogP contribution in [0, 0.1) is 6.92 Å². The molecule has 4 aromatic rings. The molecule has 4 N–H and O–H groups in total. The first-order chi connectivity index (χ1) is 21.1. The molecule has 1 saturated heterocycles. The second kappa shape index (κ2) is 11.8. The Morgan fingerprint density at radius 1 is 1.14 bits per heavy atom. The van der Waals surface area contributed by atoms with Crippen LogP contribution >= 0.6 is 0 Å². The molecule has 12 nitrogen and oxygen atoms in total. The van der Waals surface area contributed by atoms with Crippen LogP contribution in [-0.4, -0.2) is 73.0 Å². The number of ether oxygens (including phenoxy) is 1. The number of anilines is 4. The lowest BCUT2D eigenvalue weighted by Crippen LogP contribution is -2.42. The average molecular weight is 600 g/mol. The minimum absolute atomic E-state index is 0.203. The number of pyridine rings is 1. The van der Waals surface area contributed by atoms with Crippen LogP contribution < -0.4 is 16.0 Å². The van der Waals surface area contributed by atoms with Gasteiger partial charge in [0.25, 0.3) is 0 Å². The second-order valence-corrected chi connectivity index (χ2v) is 12.5. The summed E-state index contributed by atoms with van der Waals surface area (Å²) in [5.41, 5.74) is 4.18. The predicted molar refractivity (Wildman–Crippen MR) is 169 cm³/mol. The molecule has 1 aliphatic carbocycles. The summed E-state index contributed by atoms with van der Waals surface area (Å²) in [6.07, 6.45) is 6.55. The summed E-state index contributed by atoms with van der Waals surface area (Å²) in [6.45, 7) is 9.11. The number of aliphatic hydroxyl groups is 1. The van der Waals surface area contributed by atoms with Crippen LogP contribution in [-0.2, 0) is 22.0 Å². The van der Waals surface area contributed by atoms with E-state index < -0.39 is 11.6 Å². The number of fused-ring (bicyclic) bond motifs is 1. The SMILES string of the molecule is COC(=O)C1(c2cccc(Nc3ncc4c(Nc5cc(C(O)NCCN6CCCC6(C)C)cnc5C)nn(C)c4n3)c2)CC1. The van der Waals surface area contributed by atoms with Crippen LogP contribution in [0.2, 0.25) is 0 Å². The van der Waals surface area contributed by atoms with E-state index in [1.807, 2.05) is 44.3 Å². The number of rotatable bonds is 11. The van der Waals surface area contributed by atoms with E-state index in [-0.39, 0.29) is 11.5 Å². The summed E-state index contributed by atoms with van der Waals surface area (Å²) < 4.78 is 6.73. The number of hydrogen-bond acceptors (Lipinski definition) is 11. The van der Waals surface area contributed by atoms with Crippen molar-refractivity contribution in [1.82, 2.24) is 34.9 Å². The van der Waals surface area contributed by atoms with E-state index in [4.69, 9.17) is 9.72 Å². The van der Waals surface area contributed by atoms with Crippen molar-refractivity contribution in [2.75, 3.05) is 37.4 Å². The third-order valence-corrected chi connectivity index (χ3v) is 9.05. The van der Waals surface area contributed by atoms with Gasteiger partial charge in [-0.3, -0.25) is 20.0 Å². The number of nitrogens with zero attached hydrogens (tertiary/aromatic N) is 6. The zero-order chi connectivity index (χ0) is 31.1. The summed E-state index contributed by atoms with van der Waals surface area (Å²) in [5, 5.41) is 26.1. The first kappa shape index (κ1) is 29.9. The zero-order valence-corrected chi connectivity index (χ0v) is 26.0. The van der Waals surface area contributed by atoms with E-state index in [9.17, 15) is 9.90 Å². The maximum absolute atomic E-state index is 12.4. The highest BCUT2D eigenvalue weighted by atomic mass is 16.5. The van der Waals surface area contributed by atoms with Gasteiger partial charge in [-0.1, -0.05) is 12.1 Å². The molecule has 1 aliphatic heterocycles. The Hall–Kier alpha value is -4.13. The molecule has 2 fully saturated rings. The minimum Gasteiger partial charge on any atom is -0.468 e. The summed E-state index contributed by atoms with van der Waals surface area (Å²) in [6, 6.07) is 9.63. The Labute approximate surface area is 257 Å². The zero-order valence-electron chi connectivity index (χ0n) is 26.0. The van der Waals surface area contributed by atoms with Crippen molar-refractivity contribution < 1.29 is 14.6 Å². The van der Waals surface area contributed by atoms with Gasteiger partial charge in [-0.05, 0) is 76.8 Å². The molecule has 12 heteroatoms. The molecule has 1 aromatic carbocycles. The molecule has 2 aliphatic rings. The molecule has 0 radical (unpaired) electrons. The third kappa shape index (κ3) is 5.84. The molecule has 1 atom stereocenters. The first-order valence-electron chi connectivity index (χ1n) is 15.2. The number of esters is 1. The number of methoxy groups -OCH3 is 1. The van der Waals surface area contributed by atoms with Gasteiger partial charge in [-0.25, -0.2) is 9.67 Å². The Morgan fingerprint density at radius 3 is 2.68 bits per heavy atom. The molecule has 3 aromatic heterocycles. The number of aromatic nitrogens is 5. The molecular formula is C32H41N9O3. The summed E-state index contributed by atoms with van der Waals surface area (Å²) in [4.78, 5) is 28.6. The van der Waals surface area contributed by atoms with Crippen molar-refractivity contribution in [3.63, 3.8) is 0 Å². The predicted octanol–water partition coefficient (Wildman–Crippen LogP) is 4.21. The van der Waals surface area contributed by atoms with Crippen molar-refractivity contribution in [2.45, 2.75) is 63.6 Å². The molecule has 0 amide bonds. The smallest absolute Gasteiger partial charge is 0.316 e. The first-order valence-corrected chi connectivity index (χ1v) is 15.2. The topological polar surface area (TPSA) is 142 Å². The maximum Gasteiger partial charge on any atom is 0.316 e. The molecule has 0 bridgehead atoms. The van der Waals surface area contributed by atoms with Gasteiger partial charge in [0, 0.05) is 49.3 Å². The van der Waals surface area contributed by atoms with Gasteiger partial charge in [0.2, 0.25) is 5.95 Å². The molecule has 232 valence electrons. The van der Waals surface area contributed by atoms with Crippen LogP contribution in [0.15, 0.2) is 42.7 Å². The largest absolute Gasteiger partial charge is 0.468 e. The van der Waals surface area contributed by atoms with Gasteiger partial charge < -0.3 is 20.5 Å². The van der Waals surface area contributed by atoms with Crippen LogP contribution in [0.25, 0.3) is 11.0 Å². The highest BCUT2D eigenvalue weighted by molar-refractivity contribution is 5.90. The van der Waals surface area contributed by atoms with Crippen molar-refractivity contribution in [3.05, 3.63) is 59.5 Å². The number of aryl methyl sites for hydroxylation is 2. The summed E-state index contributed by atoms with van der Waals surface area (Å²) >= 11 is 0. The van der Waals surface area contributed by atoms with Crippen molar-refractivity contribution >= 4 is 40.1 Å². The lowest BCUT2D eigenvalue weighted by molar-refractivity contribution is -0.143. The molecule has 4 heterocycles. The third-order valence-electron chi connectivity index (χ3n) is 9.05. The van der Waals surface area contributed by atoms with E-state index in [0.29, 0.717) is 29.5 Å². The monoisotopic (exact) mass is 599 g/mol. The normalized spacial score (nSPS) is 17.9. The van der Waals surface area contributed by atoms with Gasteiger partial charge >= 0.3 is 5.97 Å². The van der Waals surface area contributed by atoms with E-state index in [1.54, 1.807) is 17.1 Å². The van der Waals surface area contributed by atoms with Gasteiger partial charge in [0.1, 0.15) is 6.23 Å². The van der Waals surface area contributed by atoms with E-state index >= 15 is 0 Å². The standard InChI is InChI=1S/C32H41N9O3/c1-20-25(16-21(18-34-20)28(42)33-13-15-41-14-7-10-31(41,2)3)37-26-24-19-35-30(38-27(24)40(4)39-26)36-23-9-6-8-22(17-23)32(11-12-32)29(43)44-5/h6,8-9,16-19,28,33,42H,7,10-15H2,1-5H3,(H,37,39)(H,35,36,38). The highest BCUT2D eigenvalue weighted by Gasteiger charge is 2.52. The molecular weight excluding hydrogens is 558 g/mol. The molecule has 1 unspecified atom stereocenters. The number of hydrogen-bond donors (Lipinski definition) is 4. The van der Waals surface area contributed by atoms with Crippen LogP contribution in [0.5, 0.6) is 0 Å². The lowest BCUT2D eigenvalue weighted by Gasteiger charge is -2.31. The highest BCUT2D eigenvalue weighted by Crippen LogP contribution is 2.49. The van der Waals surface area contributed by atoms with Crippen molar-refractivity contribution in [1.29, 1.82) is 0 Å². The number of benzene rings is 1.